The fourth-order valence-corrected chi connectivity index (χ4v) is 4.27. The second-order valence-electron chi connectivity index (χ2n) is 5.37. The zero-order valence-electron chi connectivity index (χ0n) is 10.3. The molecule has 1 aromatic rings. The van der Waals surface area contributed by atoms with Crippen molar-refractivity contribution in [3.05, 3.63) is 22.4 Å². The summed E-state index contributed by atoms with van der Waals surface area (Å²) in [6.07, 6.45) is 5.28. The van der Waals surface area contributed by atoms with E-state index in [4.69, 9.17) is 0 Å². The molecule has 2 saturated heterocycles. The maximum absolute atomic E-state index is 11.7. The van der Waals surface area contributed by atoms with Crippen LogP contribution in [0.25, 0.3) is 0 Å². The van der Waals surface area contributed by atoms with Crippen LogP contribution in [0.5, 0.6) is 0 Å². The van der Waals surface area contributed by atoms with Gasteiger partial charge in [0.2, 0.25) is 0 Å². The molecule has 17 heavy (non-hydrogen) atoms. The molecule has 0 N–H and O–H groups in total. The van der Waals surface area contributed by atoms with Crippen molar-refractivity contribution in [1.29, 1.82) is 0 Å². The molecule has 2 aliphatic rings. The highest BCUT2D eigenvalue weighted by molar-refractivity contribution is 7.07. The number of hydrogen-bond acceptors (Lipinski definition) is 3. The van der Waals surface area contributed by atoms with E-state index >= 15 is 0 Å². The van der Waals surface area contributed by atoms with Gasteiger partial charge in [0, 0.05) is 31.0 Å². The SMILES string of the molecule is CC(c1ccsc1)N1C2CCCC1CC(=O)C2. The van der Waals surface area contributed by atoms with Crippen molar-refractivity contribution in [3.8, 4) is 0 Å². The second-order valence-corrected chi connectivity index (χ2v) is 6.15. The number of piperidine rings is 2. The molecule has 92 valence electrons. The molecule has 0 aromatic carbocycles. The van der Waals surface area contributed by atoms with Gasteiger partial charge in [-0.05, 0) is 42.2 Å². The number of Topliss-reactive ketones (excluding diaryl/α,β-unsaturated/α-hetero) is 1. The van der Waals surface area contributed by atoms with E-state index < -0.39 is 0 Å². The number of carbonyl (C=O) groups is 1. The van der Waals surface area contributed by atoms with Gasteiger partial charge >= 0.3 is 0 Å². The molecule has 3 heteroatoms. The maximum atomic E-state index is 11.7. The summed E-state index contributed by atoms with van der Waals surface area (Å²) in [5.74, 6) is 0.480. The van der Waals surface area contributed by atoms with E-state index in [1.165, 1.54) is 24.8 Å². The summed E-state index contributed by atoms with van der Waals surface area (Å²) >= 11 is 1.77. The fourth-order valence-electron chi connectivity index (χ4n) is 3.53. The molecule has 2 bridgehead atoms. The van der Waals surface area contributed by atoms with Crippen LogP contribution in [0, 0.1) is 0 Å². The van der Waals surface area contributed by atoms with Crippen molar-refractivity contribution < 1.29 is 4.79 Å². The lowest BCUT2D eigenvalue weighted by Crippen LogP contribution is -2.53. The zero-order valence-corrected chi connectivity index (χ0v) is 11.1. The third-order valence-corrected chi connectivity index (χ3v) is 5.02. The molecule has 0 saturated carbocycles. The number of rotatable bonds is 2. The van der Waals surface area contributed by atoms with E-state index in [1.807, 2.05) is 0 Å². The van der Waals surface area contributed by atoms with Gasteiger partial charge in [-0.1, -0.05) is 6.42 Å². The number of nitrogens with zero attached hydrogens (tertiary/aromatic N) is 1. The van der Waals surface area contributed by atoms with Crippen LogP contribution in [0.1, 0.15) is 50.6 Å². The number of carbonyl (C=O) groups excluding carboxylic acids is 1. The highest BCUT2D eigenvalue weighted by Crippen LogP contribution is 2.38. The summed E-state index contributed by atoms with van der Waals surface area (Å²) in [6, 6.07) is 3.71. The standard InChI is InChI=1S/C14H19NOS/c1-10(11-5-6-17-9-11)15-12-3-2-4-13(15)8-14(16)7-12/h5-6,9-10,12-13H,2-4,7-8H2,1H3. The van der Waals surface area contributed by atoms with Crippen LogP contribution in [0.4, 0.5) is 0 Å². The summed E-state index contributed by atoms with van der Waals surface area (Å²) in [5.41, 5.74) is 1.42. The first-order chi connectivity index (χ1) is 8.25. The Bertz CT molecular complexity index is 384. The van der Waals surface area contributed by atoms with Gasteiger partial charge in [0.05, 0.1) is 0 Å². The lowest BCUT2D eigenvalue weighted by molar-refractivity contribution is -0.128. The van der Waals surface area contributed by atoms with E-state index in [0.29, 0.717) is 23.9 Å². The largest absolute Gasteiger partial charge is 0.300 e. The third-order valence-electron chi connectivity index (χ3n) is 4.32. The minimum Gasteiger partial charge on any atom is -0.300 e. The highest BCUT2D eigenvalue weighted by atomic mass is 32.1. The van der Waals surface area contributed by atoms with Crippen LogP contribution >= 0.6 is 11.3 Å². The summed E-state index contributed by atoms with van der Waals surface area (Å²) in [6.45, 7) is 2.29. The molecular formula is C14H19NOS. The Balaban J connectivity index is 1.84. The Morgan fingerprint density at radius 2 is 2.06 bits per heavy atom. The normalized spacial score (nSPS) is 31.5. The van der Waals surface area contributed by atoms with Gasteiger partial charge in [0.25, 0.3) is 0 Å². The van der Waals surface area contributed by atoms with Crippen LogP contribution in [0.2, 0.25) is 0 Å². The van der Waals surface area contributed by atoms with Gasteiger partial charge in [-0.25, -0.2) is 0 Å². The van der Waals surface area contributed by atoms with Crippen LogP contribution in [0.15, 0.2) is 16.8 Å². The monoisotopic (exact) mass is 249 g/mol. The lowest BCUT2D eigenvalue weighted by Gasteiger charge is -2.48. The Kier molecular flexibility index (Phi) is 3.05. The second kappa shape index (κ2) is 4.54. The minimum absolute atomic E-state index is 0.477. The summed E-state index contributed by atoms with van der Waals surface area (Å²) in [4.78, 5) is 14.3. The molecule has 0 aliphatic carbocycles. The first kappa shape index (κ1) is 11.4. The van der Waals surface area contributed by atoms with Crippen LogP contribution in [-0.4, -0.2) is 22.8 Å². The first-order valence-electron chi connectivity index (χ1n) is 6.57. The third kappa shape index (κ3) is 2.06. The van der Waals surface area contributed by atoms with Gasteiger partial charge in [-0.15, -0.1) is 0 Å². The summed E-state index contributed by atoms with van der Waals surface area (Å²) < 4.78 is 0. The molecule has 0 amide bonds. The van der Waals surface area contributed by atoms with E-state index in [2.05, 4.69) is 28.7 Å². The average Bonchev–Trinajstić information content (AvgIpc) is 2.80. The smallest absolute Gasteiger partial charge is 0.136 e. The Hall–Kier alpha value is -0.670. The van der Waals surface area contributed by atoms with Crippen LogP contribution < -0.4 is 0 Å². The highest BCUT2D eigenvalue weighted by Gasteiger charge is 2.40. The topological polar surface area (TPSA) is 20.3 Å². The molecule has 1 aromatic heterocycles. The molecule has 3 unspecified atom stereocenters. The predicted molar refractivity (Wildman–Crippen MR) is 70.2 cm³/mol. The van der Waals surface area contributed by atoms with Gasteiger partial charge in [-0.3, -0.25) is 9.69 Å². The molecule has 3 heterocycles. The number of hydrogen-bond donors (Lipinski definition) is 0. The lowest BCUT2D eigenvalue weighted by atomic mass is 9.82. The molecule has 0 radical (unpaired) electrons. The molecular weight excluding hydrogens is 230 g/mol. The fraction of sp³-hybridized carbons (Fsp3) is 0.643. The molecule has 3 rings (SSSR count). The van der Waals surface area contributed by atoms with Crippen molar-refractivity contribution in [1.82, 2.24) is 4.90 Å². The molecule has 2 aliphatic heterocycles. The van der Waals surface area contributed by atoms with Crippen LogP contribution in [0.3, 0.4) is 0 Å². The van der Waals surface area contributed by atoms with Crippen LogP contribution in [-0.2, 0) is 4.79 Å². The average molecular weight is 249 g/mol. The summed E-state index contributed by atoms with van der Waals surface area (Å²) in [7, 11) is 0. The van der Waals surface area contributed by atoms with E-state index in [1.54, 1.807) is 11.3 Å². The molecule has 2 fully saturated rings. The molecule has 0 spiro atoms. The van der Waals surface area contributed by atoms with E-state index in [9.17, 15) is 4.79 Å². The van der Waals surface area contributed by atoms with Crippen molar-refractivity contribution in [3.63, 3.8) is 0 Å². The zero-order chi connectivity index (χ0) is 11.8. The van der Waals surface area contributed by atoms with Crippen molar-refractivity contribution in [2.75, 3.05) is 0 Å². The van der Waals surface area contributed by atoms with Gasteiger partial charge < -0.3 is 0 Å². The Labute approximate surface area is 107 Å². The van der Waals surface area contributed by atoms with Gasteiger partial charge in [0.1, 0.15) is 5.78 Å². The molecule has 3 atom stereocenters. The number of fused-ring (bicyclic) bond motifs is 2. The molecule has 2 nitrogen and oxygen atoms in total. The van der Waals surface area contributed by atoms with E-state index in [0.717, 1.165) is 12.8 Å². The predicted octanol–water partition coefficient (Wildman–Crippen LogP) is 3.40. The Morgan fingerprint density at radius 3 is 2.65 bits per heavy atom. The van der Waals surface area contributed by atoms with Gasteiger partial charge in [0.15, 0.2) is 0 Å². The van der Waals surface area contributed by atoms with Crippen molar-refractivity contribution in [2.24, 2.45) is 0 Å². The minimum atomic E-state index is 0.477. The quantitative estimate of drug-likeness (QED) is 0.800. The Morgan fingerprint density at radius 1 is 1.35 bits per heavy atom. The van der Waals surface area contributed by atoms with Crippen molar-refractivity contribution >= 4 is 17.1 Å². The van der Waals surface area contributed by atoms with Crippen molar-refractivity contribution in [2.45, 2.75) is 57.2 Å². The van der Waals surface area contributed by atoms with Gasteiger partial charge in [-0.2, -0.15) is 11.3 Å². The first-order valence-corrected chi connectivity index (χ1v) is 7.51. The number of thiophene rings is 1. The number of ketones is 1. The maximum Gasteiger partial charge on any atom is 0.136 e. The van der Waals surface area contributed by atoms with E-state index in [-0.39, 0.29) is 0 Å². The summed E-state index contributed by atoms with van der Waals surface area (Å²) in [5, 5.41) is 4.40.